The van der Waals surface area contributed by atoms with Gasteiger partial charge < -0.3 is 18.8 Å². The van der Waals surface area contributed by atoms with E-state index in [-0.39, 0.29) is 72.3 Å². The standard InChI is InChI=1S/C7H15P.V.W.Y/c1-6(2)7(3)5-8-4;;;/h6,8H,1,5H2,2-4H3;;;/q-2;;;. The van der Waals surface area contributed by atoms with E-state index in [4.69, 9.17) is 0 Å². The van der Waals surface area contributed by atoms with Gasteiger partial charge in [-0.05, 0) is 6.66 Å². The van der Waals surface area contributed by atoms with Crippen molar-refractivity contribution in [2.24, 2.45) is 5.92 Å². The Morgan fingerprint density at radius 3 is 2.00 bits per heavy atom. The zero-order chi connectivity index (χ0) is 6.57. The third-order valence-corrected chi connectivity index (χ3v) is 2.21. The van der Waals surface area contributed by atoms with Gasteiger partial charge in [0.15, 0.2) is 0 Å². The summed E-state index contributed by atoms with van der Waals surface area (Å²) in [6.45, 7) is 10.5. The topological polar surface area (TPSA) is 0 Å². The van der Waals surface area contributed by atoms with Crippen LogP contribution in [0.4, 0.5) is 0 Å². The van der Waals surface area contributed by atoms with Crippen LogP contribution in [0.1, 0.15) is 13.8 Å². The molecule has 0 aromatic rings. The van der Waals surface area contributed by atoms with Crippen molar-refractivity contribution in [2.75, 3.05) is 12.8 Å². The Morgan fingerprint density at radius 1 is 1.55 bits per heavy atom. The first-order valence-electron chi connectivity index (χ1n) is 2.98. The molecule has 0 aliphatic carbocycles. The molecule has 0 heterocycles. The van der Waals surface area contributed by atoms with E-state index in [1.54, 1.807) is 0 Å². The maximum Gasteiger partial charge on any atom is 0 e. The van der Waals surface area contributed by atoms with E-state index in [9.17, 15) is 0 Å². The minimum atomic E-state index is 0. The summed E-state index contributed by atoms with van der Waals surface area (Å²) >= 11 is 0. The average molecular weight is 454 g/mol. The van der Waals surface area contributed by atoms with Crippen molar-refractivity contribution in [3.05, 3.63) is 12.8 Å². The van der Waals surface area contributed by atoms with E-state index < -0.39 is 0 Å². The summed E-state index contributed by atoms with van der Waals surface area (Å²) in [7, 11) is 1.05. The first-order chi connectivity index (χ1) is 3.68. The van der Waals surface area contributed by atoms with Gasteiger partial charge in [0.25, 0.3) is 0 Å². The number of hydrogen-bond acceptors (Lipinski definition) is 0. The Bertz CT molecular complexity index is 64.4. The summed E-state index contributed by atoms with van der Waals surface area (Å²) < 4.78 is 0. The second-order valence-corrected chi connectivity index (χ2v) is 3.34. The van der Waals surface area contributed by atoms with Gasteiger partial charge in [-0.1, -0.05) is 0 Å². The zero-order valence-electron chi connectivity index (χ0n) is 7.42. The van der Waals surface area contributed by atoms with Gasteiger partial charge in [0.2, 0.25) is 0 Å². The van der Waals surface area contributed by atoms with Crippen LogP contribution in [0.2, 0.25) is 0 Å². The van der Waals surface area contributed by atoms with E-state index >= 15 is 0 Å². The molecule has 0 saturated carbocycles. The molecule has 4 heteroatoms. The van der Waals surface area contributed by atoms with Crippen LogP contribution in [0.15, 0.2) is 0 Å². The van der Waals surface area contributed by atoms with Crippen LogP contribution in [0.5, 0.6) is 0 Å². The maximum atomic E-state index is 3.92. The smallest absolute Gasteiger partial charge is 0 e. The molecule has 2 radical (unpaired) electrons. The van der Waals surface area contributed by atoms with Crippen molar-refractivity contribution in [2.45, 2.75) is 13.8 Å². The van der Waals surface area contributed by atoms with E-state index in [1.807, 2.05) is 0 Å². The molecule has 64 valence electrons. The summed E-state index contributed by atoms with van der Waals surface area (Å²) in [5.41, 5.74) is 0. The summed E-state index contributed by atoms with van der Waals surface area (Å²) in [5, 5.41) is 0. The maximum absolute atomic E-state index is 3.92. The van der Waals surface area contributed by atoms with Gasteiger partial charge in [0, 0.05) is 72.3 Å². The molecule has 2 unspecified atom stereocenters. The van der Waals surface area contributed by atoms with E-state index in [1.165, 1.54) is 12.1 Å². The normalized spacial score (nSPS) is 11.7. The van der Waals surface area contributed by atoms with Crippen molar-refractivity contribution in [3.8, 4) is 0 Å². The summed E-state index contributed by atoms with van der Waals surface area (Å²) in [6, 6.07) is 0. The van der Waals surface area contributed by atoms with E-state index in [0.29, 0.717) is 5.92 Å². The minimum absolute atomic E-state index is 0. The van der Waals surface area contributed by atoms with Crippen molar-refractivity contribution in [1.82, 2.24) is 0 Å². The SMILES string of the molecule is [CH2-]C(C)[C-](C)CPC.[V].[W].[Y]. The molecule has 2 atom stereocenters. The first-order valence-corrected chi connectivity index (χ1v) is 4.69. The molecule has 0 nitrogen and oxygen atoms in total. The minimum Gasteiger partial charge on any atom is -0.369 e. The molecule has 0 spiro atoms. The monoisotopic (exact) mass is 454 g/mol. The molecular weight excluding hydrogens is 439 g/mol. The molecule has 0 aromatic heterocycles. The average Bonchev–Trinajstić information content (AvgIpc) is 1.67. The zero-order valence-corrected chi connectivity index (χ0v) is 15.6. The fourth-order valence-corrected chi connectivity index (χ4v) is 1.36. The van der Waals surface area contributed by atoms with Gasteiger partial charge in [0.05, 0.1) is 0 Å². The van der Waals surface area contributed by atoms with Gasteiger partial charge >= 0.3 is 0 Å². The molecule has 0 bridgehead atoms. The third-order valence-electron chi connectivity index (χ3n) is 1.30. The fraction of sp³-hybridized carbons (Fsp3) is 0.714. The molecule has 0 rings (SSSR count). The molecule has 0 N–H and O–H groups in total. The second kappa shape index (κ2) is 15.3. The van der Waals surface area contributed by atoms with Gasteiger partial charge in [-0.15, -0.1) is 6.92 Å². The van der Waals surface area contributed by atoms with E-state index in [0.717, 1.165) is 8.58 Å². The Morgan fingerprint density at radius 2 is 1.91 bits per heavy atom. The van der Waals surface area contributed by atoms with E-state index in [2.05, 4.69) is 27.4 Å². The Balaban J connectivity index is -0.0000000817. The van der Waals surface area contributed by atoms with Crippen LogP contribution in [0.3, 0.4) is 0 Å². The fourth-order valence-electron chi connectivity index (χ4n) is 0.453. The van der Waals surface area contributed by atoms with Crippen LogP contribution in [-0.2, 0) is 72.3 Å². The first kappa shape index (κ1) is 23.5. The number of hydrogen-bond donors (Lipinski definition) is 0. The van der Waals surface area contributed by atoms with Crippen LogP contribution in [-0.4, -0.2) is 12.8 Å². The molecule has 0 fully saturated rings. The van der Waals surface area contributed by atoms with Crippen molar-refractivity contribution < 1.29 is 72.3 Å². The van der Waals surface area contributed by atoms with Crippen molar-refractivity contribution >= 4 is 8.58 Å². The molecule has 0 amide bonds. The Hall–Kier alpha value is 2.81. The van der Waals surface area contributed by atoms with Crippen LogP contribution >= 0.6 is 8.58 Å². The van der Waals surface area contributed by atoms with Crippen LogP contribution in [0, 0.1) is 18.8 Å². The Labute approximate surface area is 125 Å². The molecule has 0 aliphatic heterocycles. The number of rotatable bonds is 3. The molecule has 11 heavy (non-hydrogen) atoms. The van der Waals surface area contributed by atoms with Crippen molar-refractivity contribution in [1.29, 1.82) is 0 Å². The molecule has 0 aliphatic rings. The predicted octanol–water partition coefficient (Wildman–Crippen LogP) is 2.35. The van der Waals surface area contributed by atoms with Crippen LogP contribution < -0.4 is 0 Å². The second-order valence-electron chi connectivity index (χ2n) is 2.28. The molecule has 0 saturated heterocycles. The van der Waals surface area contributed by atoms with Crippen LogP contribution in [0.25, 0.3) is 0 Å². The summed E-state index contributed by atoms with van der Waals surface area (Å²) in [4.78, 5) is 0. The van der Waals surface area contributed by atoms with Gasteiger partial charge in [-0.25, -0.2) is 0 Å². The molecular formula is C7H15PVWY-2. The Kier molecular flexibility index (Phi) is 32.7. The van der Waals surface area contributed by atoms with Gasteiger partial charge in [0.1, 0.15) is 0 Å². The summed E-state index contributed by atoms with van der Waals surface area (Å²) in [6.07, 6.45) is 1.27. The third kappa shape index (κ3) is 15.6. The predicted molar refractivity (Wildman–Crippen MR) is 42.5 cm³/mol. The summed E-state index contributed by atoms with van der Waals surface area (Å²) in [5.74, 6) is 2.08. The largest absolute Gasteiger partial charge is 0.369 e. The molecule has 0 aromatic carbocycles. The van der Waals surface area contributed by atoms with Gasteiger partial charge in [-0.2, -0.15) is 21.7 Å². The van der Waals surface area contributed by atoms with Crippen molar-refractivity contribution in [3.63, 3.8) is 0 Å². The van der Waals surface area contributed by atoms with Gasteiger partial charge in [-0.3, -0.25) is 0 Å². The quantitative estimate of drug-likeness (QED) is 0.455.